The lowest BCUT2D eigenvalue weighted by Gasteiger charge is -2.28. The van der Waals surface area contributed by atoms with Gasteiger partial charge in [-0.05, 0) is 19.8 Å². The molecule has 90 valence electrons. The van der Waals surface area contributed by atoms with Crippen LogP contribution < -0.4 is 10.6 Å². The lowest BCUT2D eigenvalue weighted by atomic mass is 10.2. The number of nitrogens with zero attached hydrogens (tertiary/aromatic N) is 3. The monoisotopic (exact) mass is 222 g/mol. The van der Waals surface area contributed by atoms with Crippen LogP contribution in [0.3, 0.4) is 0 Å². The summed E-state index contributed by atoms with van der Waals surface area (Å²) in [5, 5.41) is 0. The molecule has 0 radical (unpaired) electrons. The van der Waals surface area contributed by atoms with E-state index >= 15 is 0 Å². The third-order valence-corrected chi connectivity index (χ3v) is 2.79. The minimum Gasteiger partial charge on any atom is -0.396 e. The van der Waals surface area contributed by atoms with Crippen molar-refractivity contribution in [3.8, 4) is 0 Å². The van der Waals surface area contributed by atoms with Crippen molar-refractivity contribution in [1.29, 1.82) is 0 Å². The van der Waals surface area contributed by atoms with Gasteiger partial charge in [0.1, 0.15) is 0 Å². The van der Waals surface area contributed by atoms with E-state index in [0.29, 0.717) is 11.7 Å². The Bertz CT molecular complexity index is 296. The normalized spacial score (nSPS) is 12.4. The molecule has 1 heterocycles. The van der Waals surface area contributed by atoms with Crippen LogP contribution in [0.4, 0.5) is 11.6 Å². The van der Waals surface area contributed by atoms with Gasteiger partial charge < -0.3 is 10.6 Å². The summed E-state index contributed by atoms with van der Waals surface area (Å²) in [6.07, 6.45) is 6.78. The maximum Gasteiger partial charge on any atom is 0.225 e. The summed E-state index contributed by atoms with van der Waals surface area (Å²) in [4.78, 5) is 10.8. The van der Waals surface area contributed by atoms with E-state index < -0.39 is 0 Å². The fourth-order valence-corrected chi connectivity index (χ4v) is 1.55. The number of nitrogen functional groups attached to an aromatic ring is 1. The first-order valence-corrected chi connectivity index (χ1v) is 6.03. The van der Waals surface area contributed by atoms with Crippen molar-refractivity contribution in [3.63, 3.8) is 0 Å². The summed E-state index contributed by atoms with van der Waals surface area (Å²) in [5.41, 5.74) is 6.21. The van der Waals surface area contributed by atoms with Gasteiger partial charge in [-0.1, -0.05) is 20.3 Å². The molecule has 0 saturated carbocycles. The van der Waals surface area contributed by atoms with E-state index in [0.717, 1.165) is 25.3 Å². The molecule has 0 aliphatic rings. The number of nitrogens with two attached hydrogens (primary N) is 1. The van der Waals surface area contributed by atoms with Gasteiger partial charge in [-0.2, -0.15) is 0 Å². The first-order chi connectivity index (χ1) is 7.69. The van der Waals surface area contributed by atoms with Crippen LogP contribution in [0.2, 0.25) is 0 Å². The standard InChI is InChI=1S/C12H22N4/c1-4-6-7-16(10(3)5-2)12-14-8-11(13)9-15-12/h8-10H,4-7,13H2,1-3H3. The van der Waals surface area contributed by atoms with Gasteiger partial charge in [-0.3, -0.25) is 0 Å². The molecule has 0 fully saturated rings. The van der Waals surface area contributed by atoms with E-state index in [-0.39, 0.29) is 0 Å². The zero-order chi connectivity index (χ0) is 12.0. The molecule has 0 bridgehead atoms. The smallest absolute Gasteiger partial charge is 0.225 e. The highest BCUT2D eigenvalue weighted by atomic mass is 15.3. The van der Waals surface area contributed by atoms with Crippen molar-refractivity contribution in [1.82, 2.24) is 9.97 Å². The maximum atomic E-state index is 5.59. The van der Waals surface area contributed by atoms with Crippen LogP contribution in [0.1, 0.15) is 40.0 Å². The predicted octanol–water partition coefficient (Wildman–Crippen LogP) is 2.46. The molecule has 0 saturated heterocycles. The molecule has 1 rings (SSSR count). The molecular formula is C12H22N4. The van der Waals surface area contributed by atoms with Crippen LogP contribution in [-0.2, 0) is 0 Å². The first-order valence-electron chi connectivity index (χ1n) is 6.03. The molecule has 1 aromatic rings. The topological polar surface area (TPSA) is 55.0 Å². The molecule has 4 heteroatoms. The molecule has 0 aliphatic carbocycles. The number of unbranched alkanes of at least 4 members (excludes halogenated alkanes) is 1. The van der Waals surface area contributed by atoms with E-state index in [1.165, 1.54) is 6.42 Å². The van der Waals surface area contributed by atoms with Crippen LogP contribution >= 0.6 is 0 Å². The number of aromatic nitrogens is 2. The third kappa shape index (κ3) is 3.36. The second-order valence-corrected chi connectivity index (χ2v) is 4.12. The molecule has 4 nitrogen and oxygen atoms in total. The Morgan fingerprint density at radius 1 is 1.31 bits per heavy atom. The highest BCUT2D eigenvalue weighted by Gasteiger charge is 2.14. The predicted molar refractivity (Wildman–Crippen MR) is 68.5 cm³/mol. The Balaban J connectivity index is 2.78. The Morgan fingerprint density at radius 2 is 1.94 bits per heavy atom. The van der Waals surface area contributed by atoms with Gasteiger partial charge in [0.15, 0.2) is 0 Å². The molecule has 0 spiro atoms. The molecule has 2 N–H and O–H groups in total. The van der Waals surface area contributed by atoms with E-state index in [1.54, 1.807) is 12.4 Å². The zero-order valence-corrected chi connectivity index (χ0v) is 10.5. The minimum absolute atomic E-state index is 0.468. The molecule has 0 aliphatic heterocycles. The van der Waals surface area contributed by atoms with Gasteiger partial charge in [0.25, 0.3) is 0 Å². The van der Waals surface area contributed by atoms with Crippen molar-refractivity contribution in [2.24, 2.45) is 0 Å². The van der Waals surface area contributed by atoms with E-state index in [1.807, 2.05) is 0 Å². The van der Waals surface area contributed by atoms with Crippen molar-refractivity contribution in [2.45, 2.75) is 46.1 Å². The van der Waals surface area contributed by atoms with Crippen molar-refractivity contribution in [3.05, 3.63) is 12.4 Å². The molecule has 0 aromatic carbocycles. The molecule has 16 heavy (non-hydrogen) atoms. The minimum atomic E-state index is 0.468. The molecule has 1 atom stereocenters. The number of rotatable bonds is 6. The average Bonchev–Trinajstić information content (AvgIpc) is 2.31. The van der Waals surface area contributed by atoms with E-state index in [4.69, 9.17) is 5.73 Å². The van der Waals surface area contributed by atoms with Crippen LogP contribution in [-0.4, -0.2) is 22.6 Å². The van der Waals surface area contributed by atoms with Crippen LogP contribution in [0, 0.1) is 0 Å². The van der Waals surface area contributed by atoms with Gasteiger partial charge in [0, 0.05) is 12.6 Å². The first kappa shape index (κ1) is 12.7. The van der Waals surface area contributed by atoms with Crippen LogP contribution in [0.15, 0.2) is 12.4 Å². The second-order valence-electron chi connectivity index (χ2n) is 4.12. The number of hydrogen-bond donors (Lipinski definition) is 1. The van der Waals surface area contributed by atoms with Crippen molar-refractivity contribution >= 4 is 11.6 Å². The maximum absolute atomic E-state index is 5.59. The summed E-state index contributed by atoms with van der Waals surface area (Å²) in [5.74, 6) is 0.789. The lowest BCUT2D eigenvalue weighted by Crippen LogP contribution is -2.34. The summed E-state index contributed by atoms with van der Waals surface area (Å²) in [7, 11) is 0. The van der Waals surface area contributed by atoms with Crippen LogP contribution in [0.25, 0.3) is 0 Å². The lowest BCUT2D eigenvalue weighted by molar-refractivity contribution is 0.582. The average molecular weight is 222 g/mol. The van der Waals surface area contributed by atoms with E-state index in [9.17, 15) is 0 Å². The molecule has 0 amide bonds. The Kier molecular flexibility index (Phi) is 5.02. The van der Waals surface area contributed by atoms with Gasteiger partial charge in [-0.25, -0.2) is 9.97 Å². The SMILES string of the molecule is CCCCN(c1ncc(N)cn1)C(C)CC. The van der Waals surface area contributed by atoms with Crippen LogP contribution in [0.5, 0.6) is 0 Å². The van der Waals surface area contributed by atoms with Crippen molar-refractivity contribution in [2.75, 3.05) is 17.2 Å². The summed E-state index contributed by atoms with van der Waals surface area (Å²) < 4.78 is 0. The Morgan fingerprint density at radius 3 is 2.44 bits per heavy atom. The van der Waals surface area contributed by atoms with Crippen molar-refractivity contribution < 1.29 is 0 Å². The highest BCUT2D eigenvalue weighted by Crippen LogP contribution is 2.14. The summed E-state index contributed by atoms with van der Waals surface area (Å²) in [6, 6.07) is 0.468. The third-order valence-electron chi connectivity index (χ3n) is 2.79. The summed E-state index contributed by atoms with van der Waals surface area (Å²) in [6.45, 7) is 7.59. The quantitative estimate of drug-likeness (QED) is 0.803. The summed E-state index contributed by atoms with van der Waals surface area (Å²) >= 11 is 0. The Labute approximate surface area is 97.9 Å². The second kappa shape index (κ2) is 6.30. The van der Waals surface area contributed by atoms with Gasteiger partial charge in [0.05, 0.1) is 18.1 Å². The van der Waals surface area contributed by atoms with Gasteiger partial charge in [0.2, 0.25) is 5.95 Å². The largest absolute Gasteiger partial charge is 0.396 e. The molecule has 1 aromatic heterocycles. The highest BCUT2D eigenvalue weighted by molar-refractivity contribution is 5.38. The van der Waals surface area contributed by atoms with Gasteiger partial charge >= 0.3 is 0 Å². The molecular weight excluding hydrogens is 200 g/mol. The van der Waals surface area contributed by atoms with E-state index in [2.05, 4.69) is 35.6 Å². The fourth-order valence-electron chi connectivity index (χ4n) is 1.55. The Hall–Kier alpha value is -1.32. The molecule has 1 unspecified atom stereocenters. The zero-order valence-electron chi connectivity index (χ0n) is 10.5. The number of anilines is 2. The number of hydrogen-bond acceptors (Lipinski definition) is 4. The fraction of sp³-hybridized carbons (Fsp3) is 0.667. The van der Waals surface area contributed by atoms with Gasteiger partial charge in [-0.15, -0.1) is 0 Å².